The fourth-order valence-electron chi connectivity index (χ4n) is 2.00. The Morgan fingerprint density at radius 1 is 1.30 bits per heavy atom. The Hall–Kier alpha value is -2.08. The molecule has 0 radical (unpaired) electrons. The van der Waals surface area contributed by atoms with Gasteiger partial charge in [0.2, 0.25) is 0 Å². The van der Waals surface area contributed by atoms with Crippen molar-refractivity contribution in [2.24, 2.45) is 0 Å². The van der Waals surface area contributed by atoms with E-state index in [1.807, 2.05) is 12.1 Å². The van der Waals surface area contributed by atoms with E-state index in [4.69, 9.17) is 9.84 Å². The van der Waals surface area contributed by atoms with Crippen molar-refractivity contribution in [2.75, 3.05) is 18.5 Å². The summed E-state index contributed by atoms with van der Waals surface area (Å²) in [5.41, 5.74) is 1.99. The highest BCUT2D eigenvalue weighted by atomic mass is 32.1. The first-order valence-electron chi connectivity index (χ1n) is 7.48. The van der Waals surface area contributed by atoms with Crippen LogP contribution in [0.4, 0.5) is 5.13 Å². The molecule has 1 aromatic heterocycles. The third-order valence-corrected chi connectivity index (χ3v) is 4.10. The topological polar surface area (TPSA) is 71.5 Å². The van der Waals surface area contributed by atoms with Crippen molar-refractivity contribution in [3.8, 4) is 5.75 Å². The minimum absolute atomic E-state index is 0.0468. The number of rotatable bonds is 7. The van der Waals surface area contributed by atoms with Crippen molar-refractivity contribution < 1.29 is 14.6 Å². The molecule has 0 aliphatic heterocycles. The molecule has 0 atom stereocenters. The monoisotopic (exact) mass is 334 g/mol. The van der Waals surface area contributed by atoms with E-state index in [0.29, 0.717) is 24.0 Å². The van der Waals surface area contributed by atoms with Gasteiger partial charge in [0.1, 0.15) is 12.4 Å². The largest absolute Gasteiger partial charge is 0.492 e. The van der Waals surface area contributed by atoms with Crippen molar-refractivity contribution in [1.29, 1.82) is 0 Å². The second-order valence-electron chi connectivity index (χ2n) is 6.26. The molecule has 0 fully saturated rings. The Bertz CT molecular complexity index is 645. The molecule has 0 amide bonds. The maximum Gasteiger partial charge on any atom is 0.309 e. The van der Waals surface area contributed by atoms with Crippen LogP contribution in [0.3, 0.4) is 0 Å². The molecule has 0 saturated carbocycles. The van der Waals surface area contributed by atoms with Crippen molar-refractivity contribution in [3.05, 3.63) is 40.9 Å². The number of anilines is 1. The van der Waals surface area contributed by atoms with Crippen LogP contribution in [0.2, 0.25) is 0 Å². The summed E-state index contributed by atoms with van der Waals surface area (Å²) >= 11 is 1.40. The van der Waals surface area contributed by atoms with Gasteiger partial charge in [0.05, 0.1) is 18.7 Å². The fourth-order valence-corrected chi connectivity index (χ4v) is 2.74. The van der Waals surface area contributed by atoms with Gasteiger partial charge in [-0.25, -0.2) is 4.98 Å². The summed E-state index contributed by atoms with van der Waals surface area (Å²) in [7, 11) is 0. The summed E-state index contributed by atoms with van der Waals surface area (Å²) in [4.78, 5) is 14.8. The zero-order chi connectivity index (χ0) is 16.9. The molecule has 23 heavy (non-hydrogen) atoms. The number of hydrogen-bond acceptors (Lipinski definition) is 5. The molecule has 0 aliphatic rings. The number of nitrogens with zero attached hydrogens (tertiary/aromatic N) is 1. The molecular weight excluding hydrogens is 312 g/mol. The van der Waals surface area contributed by atoms with Gasteiger partial charge in [0, 0.05) is 5.38 Å². The third kappa shape index (κ3) is 5.56. The highest BCUT2D eigenvalue weighted by Gasteiger charge is 2.12. The Balaban J connectivity index is 1.75. The first kappa shape index (κ1) is 17.3. The number of hydrogen-bond donors (Lipinski definition) is 2. The Morgan fingerprint density at radius 2 is 2.00 bits per heavy atom. The summed E-state index contributed by atoms with van der Waals surface area (Å²) in [6, 6.07) is 8.13. The summed E-state index contributed by atoms with van der Waals surface area (Å²) in [6.07, 6.45) is -0.0468. The third-order valence-electron chi connectivity index (χ3n) is 3.25. The number of nitrogens with one attached hydrogen (secondary N) is 1. The van der Waals surface area contributed by atoms with Crippen LogP contribution < -0.4 is 10.1 Å². The van der Waals surface area contributed by atoms with Crippen molar-refractivity contribution in [1.82, 2.24) is 4.98 Å². The van der Waals surface area contributed by atoms with Crippen LogP contribution in [0, 0.1) is 0 Å². The molecule has 0 unspecified atom stereocenters. The number of carboxylic acids is 1. The Morgan fingerprint density at radius 3 is 2.61 bits per heavy atom. The molecule has 2 aromatic rings. The summed E-state index contributed by atoms with van der Waals surface area (Å²) in [5, 5.41) is 14.3. The second kappa shape index (κ2) is 7.46. The van der Waals surface area contributed by atoms with Crippen molar-refractivity contribution >= 4 is 22.4 Å². The highest BCUT2D eigenvalue weighted by Crippen LogP contribution is 2.24. The molecule has 0 bridgehead atoms. The van der Waals surface area contributed by atoms with E-state index in [2.05, 4.69) is 43.2 Å². The number of aromatic nitrogens is 1. The lowest BCUT2D eigenvalue weighted by atomic mass is 9.87. The molecular formula is C17H22N2O3S. The average Bonchev–Trinajstić information content (AvgIpc) is 2.90. The summed E-state index contributed by atoms with van der Waals surface area (Å²) < 4.78 is 5.69. The van der Waals surface area contributed by atoms with Gasteiger partial charge in [0.25, 0.3) is 0 Å². The van der Waals surface area contributed by atoms with E-state index in [1.54, 1.807) is 5.38 Å². The van der Waals surface area contributed by atoms with Gasteiger partial charge >= 0.3 is 5.97 Å². The molecule has 1 heterocycles. The van der Waals surface area contributed by atoms with E-state index in [1.165, 1.54) is 16.9 Å². The predicted molar refractivity (Wildman–Crippen MR) is 92.6 cm³/mol. The van der Waals surface area contributed by atoms with E-state index in [9.17, 15) is 4.79 Å². The SMILES string of the molecule is CC(C)(C)c1ccc(OCCNc2nc(CC(=O)O)cs2)cc1. The molecule has 0 aliphatic carbocycles. The van der Waals surface area contributed by atoms with E-state index in [-0.39, 0.29) is 11.8 Å². The smallest absolute Gasteiger partial charge is 0.309 e. The van der Waals surface area contributed by atoms with Gasteiger partial charge < -0.3 is 15.2 Å². The number of carboxylic acid groups (broad SMARTS) is 1. The summed E-state index contributed by atoms with van der Waals surface area (Å²) in [6.45, 7) is 7.67. The quantitative estimate of drug-likeness (QED) is 0.758. The fraction of sp³-hybridized carbons (Fsp3) is 0.412. The van der Waals surface area contributed by atoms with Crippen LogP contribution in [0.15, 0.2) is 29.6 Å². The number of aliphatic carboxylic acids is 1. The molecule has 5 nitrogen and oxygen atoms in total. The van der Waals surface area contributed by atoms with Crippen LogP contribution in [0.5, 0.6) is 5.75 Å². The first-order valence-corrected chi connectivity index (χ1v) is 8.36. The maximum absolute atomic E-state index is 10.6. The first-order chi connectivity index (χ1) is 10.8. The normalized spacial score (nSPS) is 11.3. The average molecular weight is 334 g/mol. The zero-order valence-electron chi connectivity index (χ0n) is 13.6. The highest BCUT2D eigenvalue weighted by molar-refractivity contribution is 7.13. The Kier molecular flexibility index (Phi) is 5.60. The van der Waals surface area contributed by atoms with Crippen LogP contribution in [0.25, 0.3) is 0 Å². The van der Waals surface area contributed by atoms with E-state index in [0.717, 1.165) is 5.75 Å². The van der Waals surface area contributed by atoms with Gasteiger partial charge in [-0.15, -0.1) is 11.3 Å². The lowest BCUT2D eigenvalue weighted by molar-refractivity contribution is -0.136. The molecule has 6 heteroatoms. The van der Waals surface area contributed by atoms with Crippen LogP contribution in [0.1, 0.15) is 32.0 Å². The number of thiazole rings is 1. The van der Waals surface area contributed by atoms with Crippen LogP contribution in [-0.2, 0) is 16.6 Å². The summed E-state index contributed by atoms with van der Waals surface area (Å²) in [5.74, 6) is -0.0330. The second-order valence-corrected chi connectivity index (χ2v) is 7.12. The van der Waals surface area contributed by atoms with Gasteiger partial charge in [-0.2, -0.15) is 0 Å². The van der Waals surface area contributed by atoms with Crippen molar-refractivity contribution in [3.63, 3.8) is 0 Å². The molecule has 0 saturated heterocycles. The van der Waals surface area contributed by atoms with Gasteiger partial charge in [-0.3, -0.25) is 4.79 Å². The van der Waals surface area contributed by atoms with Crippen LogP contribution >= 0.6 is 11.3 Å². The maximum atomic E-state index is 10.6. The lowest BCUT2D eigenvalue weighted by Crippen LogP contribution is -2.12. The molecule has 1 aromatic carbocycles. The number of carbonyl (C=O) groups is 1. The van der Waals surface area contributed by atoms with Crippen LogP contribution in [-0.4, -0.2) is 29.2 Å². The van der Waals surface area contributed by atoms with Gasteiger partial charge in [-0.1, -0.05) is 32.9 Å². The lowest BCUT2D eigenvalue weighted by Gasteiger charge is -2.19. The van der Waals surface area contributed by atoms with Gasteiger partial charge in [-0.05, 0) is 23.1 Å². The minimum Gasteiger partial charge on any atom is -0.492 e. The standard InChI is InChI=1S/C17H22N2O3S/c1-17(2,3)12-4-6-14(7-5-12)22-9-8-18-16-19-13(11-23-16)10-15(20)21/h4-7,11H,8-10H2,1-3H3,(H,18,19)(H,20,21). The zero-order valence-corrected chi connectivity index (χ0v) is 14.4. The molecule has 2 rings (SSSR count). The van der Waals surface area contributed by atoms with E-state index < -0.39 is 5.97 Å². The molecule has 2 N–H and O–H groups in total. The number of ether oxygens (including phenoxy) is 1. The van der Waals surface area contributed by atoms with Crippen molar-refractivity contribution in [2.45, 2.75) is 32.6 Å². The number of benzene rings is 1. The van der Waals surface area contributed by atoms with E-state index >= 15 is 0 Å². The predicted octanol–water partition coefficient (Wildman–Crippen LogP) is 3.56. The molecule has 0 spiro atoms. The Labute approximate surface area is 140 Å². The minimum atomic E-state index is -0.871. The van der Waals surface area contributed by atoms with Gasteiger partial charge in [0.15, 0.2) is 5.13 Å². The molecule has 124 valence electrons.